The van der Waals surface area contributed by atoms with Crippen LogP contribution in [0.15, 0.2) is 73.1 Å². The number of rotatable bonds is 7. The van der Waals surface area contributed by atoms with Gasteiger partial charge in [-0.05, 0) is 24.6 Å². The van der Waals surface area contributed by atoms with Crippen molar-refractivity contribution in [1.29, 1.82) is 0 Å². The molecule has 5 nitrogen and oxygen atoms in total. The van der Waals surface area contributed by atoms with Crippen LogP contribution >= 0.6 is 0 Å². The number of benzene rings is 2. The van der Waals surface area contributed by atoms with Crippen LogP contribution in [0.1, 0.15) is 35.4 Å². The van der Waals surface area contributed by atoms with Gasteiger partial charge in [0.1, 0.15) is 0 Å². The molecule has 26 heavy (non-hydrogen) atoms. The number of ether oxygens (including phenoxy) is 1. The van der Waals surface area contributed by atoms with Crippen molar-refractivity contribution in [2.24, 2.45) is 0 Å². The van der Waals surface area contributed by atoms with E-state index in [1.165, 1.54) is 0 Å². The molecule has 1 atom stereocenters. The molecule has 0 amide bonds. The van der Waals surface area contributed by atoms with Crippen molar-refractivity contribution < 1.29 is 14.3 Å². The Morgan fingerprint density at radius 2 is 1.69 bits per heavy atom. The first kappa shape index (κ1) is 17.6. The summed E-state index contributed by atoms with van der Waals surface area (Å²) in [5.41, 5.74) is 1.62. The van der Waals surface area contributed by atoms with Gasteiger partial charge in [0, 0.05) is 18.1 Å². The molecule has 0 spiro atoms. The molecule has 0 saturated heterocycles. The van der Waals surface area contributed by atoms with E-state index >= 15 is 0 Å². The Bertz CT molecular complexity index is 873. The molecule has 1 aromatic heterocycles. The molecule has 5 heteroatoms. The van der Waals surface area contributed by atoms with Crippen molar-refractivity contribution in [3.05, 3.63) is 84.4 Å². The Kier molecular flexibility index (Phi) is 5.59. The van der Waals surface area contributed by atoms with Gasteiger partial charge >= 0.3 is 5.97 Å². The van der Waals surface area contributed by atoms with E-state index in [1.807, 2.05) is 60.7 Å². The lowest BCUT2D eigenvalue weighted by atomic mass is 9.91. The van der Waals surface area contributed by atoms with Gasteiger partial charge < -0.3 is 4.74 Å². The number of hydrogen-bond donors (Lipinski definition) is 0. The Labute approximate surface area is 152 Å². The lowest BCUT2D eigenvalue weighted by Crippen LogP contribution is -2.21. The van der Waals surface area contributed by atoms with Gasteiger partial charge in [0.05, 0.1) is 18.9 Å². The van der Waals surface area contributed by atoms with E-state index in [1.54, 1.807) is 23.9 Å². The summed E-state index contributed by atoms with van der Waals surface area (Å²) in [6, 6.07) is 18.8. The van der Waals surface area contributed by atoms with Gasteiger partial charge in [-0.2, -0.15) is 0 Å². The van der Waals surface area contributed by atoms with E-state index in [9.17, 15) is 9.59 Å². The molecule has 0 unspecified atom stereocenters. The molecule has 0 fully saturated rings. The minimum absolute atomic E-state index is 0.0155. The number of nitrogens with zero attached hydrogens (tertiary/aromatic N) is 2. The number of aromatic nitrogens is 2. The average Bonchev–Trinajstić information content (AvgIpc) is 3.17. The fourth-order valence-corrected chi connectivity index (χ4v) is 2.87. The summed E-state index contributed by atoms with van der Waals surface area (Å²) < 4.78 is 6.80. The summed E-state index contributed by atoms with van der Waals surface area (Å²) in [6.07, 6.45) is 3.32. The van der Waals surface area contributed by atoms with Gasteiger partial charge in [0.15, 0.2) is 5.82 Å². The second kappa shape index (κ2) is 8.25. The second-order valence-electron chi connectivity index (χ2n) is 5.79. The number of Topliss-reactive ketones (excluding diaryl/α,β-unsaturated/α-hetero) is 1. The van der Waals surface area contributed by atoms with Crippen molar-refractivity contribution >= 4 is 11.8 Å². The third-order valence-electron chi connectivity index (χ3n) is 4.09. The van der Waals surface area contributed by atoms with Crippen LogP contribution < -0.4 is 0 Å². The maximum atomic E-state index is 13.2. The molecule has 0 aliphatic carbocycles. The Hall–Kier alpha value is -3.21. The van der Waals surface area contributed by atoms with Crippen LogP contribution in [0.4, 0.5) is 0 Å². The fraction of sp³-hybridized carbons (Fsp3) is 0.190. The molecule has 3 rings (SSSR count). The molecule has 3 aromatic rings. The van der Waals surface area contributed by atoms with Crippen LogP contribution in [0.2, 0.25) is 0 Å². The second-order valence-corrected chi connectivity index (χ2v) is 5.79. The van der Waals surface area contributed by atoms with Gasteiger partial charge in [0.25, 0.3) is 0 Å². The van der Waals surface area contributed by atoms with Crippen LogP contribution in [-0.2, 0) is 9.53 Å². The van der Waals surface area contributed by atoms with Gasteiger partial charge in [-0.3, -0.25) is 14.2 Å². The van der Waals surface area contributed by atoms with Crippen LogP contribution in [0.5, 0.6) is 0 Å². The summed E-state index contributed by atoms with van der Waals surface area (Å²) in [5, 5.41) is 0. The molecule has 0 aliphatic heterocycles. The SMILES string of the molecule is CCOC(=O)C[C@H](C(=O)c1nccn1-c1ccccc1)c1ccccc1. The molecule has 0 N–H and O–H groups in total. The number of para-hydroxylation sites is 1. The van der Waals surface area contributed by atoms with Crippen molar-refractivity contribution in [2.45, 2.75) is 19.3 Å². The van der Waals surface area contributed by atoms with E-state index in [2.05, 4.69) is 4.98 Å². The van der Waals surface area contributed by atoms with Gasteiger partial charge in [0.2, 0.25) is 5.78 Å². The van der Waals surface area contributed by atoms with E-state index in [-0.39, 0.29) is 18.8 Å². The minimum atomic E-state index is -0.639. The van der Waals surface area contributed by atoms with Crippen LogP contribution in [-0.4, -0.2) is 27.9 Å². The highest BCUT2D eigenvalue weighted by molar-refractivity contribution is 6.00. The first-order chi connectivity index (χ1) is 12.7. The number of esters is 1. The van der Waals surface area contributed by atoms with E-state index in [0.717, 1.165) is 11.3 Å². The smallest absolute Gasteiger partial charge is 0.306 e. The summed E-state index contributed by atoms with van der Waals surface area (Å²) in [4.78, 5) is 29.6. The van der Waals surface area contributed by atoms with Crippen molar-refractivity contribution in [1.82, 2.24) is 9.55 Å². The molecule has 132 valence electrons. The van der Waals surface area contributed by atoms with Crippen molar-refractivity contribution in [3.63, 3.8) is 0 Å². The zero-order chi connectivity index (χ0) is 18.4. The molecular weight excluding hydrogens is 328 g/mol. The molecule has 1 heterocycles. The Morgan fingerprint density at radius 3 is 2.35 bits per heavy atom. The fourth-order valence-electron chi connectivity index (χ4n) is 2.87. The normalized spacial score (nSPS) is 11.7. The lowest BCUT2D eigenvalue weighted by molar-refractivity contribution is -0.143. The first-order valence-corrected chi connectivity index (χ1v) is 8.54. The maximum Gasteiger partial charge on any atom is 0.306 e. The Balaban J connectivity index is 1.96. The van der Waals surface area contributed by atoms with Crippen LogP contribution in [0.3, 0.4) is 0 Å². The predicted octanol–water partition coefficient (Wildman–Crippen LogP) is 3.79. The lowest BCUT2D eigenvalue weighted by Gasteiger charge is -2.16. The zero-order valence-electron chi connectivity index (χ0n) is 14.5. The van der Waals surface area contributed by atoms with Crippen LogP contribution in [0.25, 0.3) is 5.69 Å². The van der Waals surface area contributed by atoms with Crippen molar-refractivity contribution in [2.75, 3.05) is 6.61 Å². The van der Waals surface area contributed by atoms with E-state index in [4.69, 9.17) is 4.74 Å². The number of imidazole rings is 1. The van der Waals surface area contributed by atoms with Gasteiger partial charge in [-0.1, -0.05) is 48.5 Å². The number of ketones is 1. The third-order valence-corrected chi connectivity index (χ3v) is 4.09. The standard InChI is InChI=1S/C21H20N2O3/c1-2-26-19(24)15-18(16-9-5-3-6-10-16)20(25)21-22-13-14-23(21)17-11-7-4-8-12-17/h3-14,18H,2,15H2,1H3/t18-/m0/s1. The molecule has 0 aliphatic rings. The monoisotopic (exact) mass is 348 g/mol. The highest BCUT2D eigenvalue weighted by atomic mass is 16.5. The summed E-state index contributed by atoms with van der Waals surface area (Å²) in [5.74, 6) is -0.944. The van der Waals surface area contributed by atoms with E-state index in [0.29, 0.717) is 5.82 Å². The van der Waals surface area contributed by atoms with Gasteiger partial charge in [-0.15, -0.1) is 0 Å². The predicted molar refractivity (Wildman–Crippen MR) is 98.3 cm³/mol. The zero-order valence-corrected chi connectivity index (χ0v) is 14.5. The average molecular weight is 348 g/mol. The quantitative estimate of drug-likeness (QED) is 0.481. The molecular formula is C21H20N2O3. The first-order valence-electron chi connectivity index (χ1n) is 8.54. The largest absolute Gasteiger partial charge is 0.466 e. The number of carbonyl (C=O) groups excluding carboxylic acids is 2. The third kappa shape index (κ3) is 3.88. The molecule has 2 aromatic carbocycles. The number of hydrogen-bond acceptors (Lipinski definition) is 4. The highest BCUT2D eigenvalue weighted by Crippen LogP contribution is 2.25. The summed E-state index contributed by atoms with van der Waals surface area (Å²) in [6.45, 7) is 2.03. The van der Waals surface area contributed by atoms with E-state index < -0.39 is 11.9 Å². The van der Waals surface area contributed by atoms with Crippen molar-refractivity contribution in [3.8, 4) is 5.69 Å². The summed E-state index contributed by atoms with van der Waals surface area (Å²) in [7, 11) is 0. The summed E-state index contributed by atoms with van der Waals surface area (Å²) >= 11 is 0. The Morgan fingerprint density at radius 1 is 1.04 bits per heavy atom. The number of carbonyl (C=O) groups is 2. The molecule has 0 radical (unpaired) electrons. The molecule has 0 saturated carbocycles. The maximum absolute atomic E-state index is 13.2. The topological polar surface area (TPSA) is 61.2 Å². The molecule has 0 bridgehead atoms. The van der Waals surface area contributed by atoms with Crippen LogP contribution in [0, 0.1) is 0 Å². The minimum Gasteiger partial charge on any atom is -0.466 e. The highest BCUT2D eigenvalue weighted by Gasteiger charge is 2.28. The van der Waals surface area contributed by atoms with Gasteiger partial charge in [-0.25, -0.2) is 4.98 Å².